The predicted molar refractivity (Wildman–Crippen MR) is 122 cm³/mol. The van der Waals surface area contributed by atoms with E-state index in [0.717, 1.165) is 40.6 Å². The molecule has 3 nitrogen and oxygen atoms in total. The van der Waals surface area contributed by atoms with E-state index < -0.39 is 27.2 Å². The van der Waals surface area contributed by atoms with Gasteiger partial charge in [-0.15, -0.1) is 11.8 Å². The van der Waals surface area contributed by atoms with Crippen molar-refractivity contribution in [3.05, 3.63) is 64.4 Å². The van der Waals surface area contributed by atoms with Crippen LogP contribution in [-0.2, 0) is 9.53 Å². The predicted octanol–water partition coefficient (Wildman–Crippen LogP) is 8.28. The molecule has 1 N–H and O–H groups in total. The summed E-state index contributed by atoms with van der Waals surface area (Å²) in [5.74, 6) is -0.601. The summed E-state index contributed by atoms with van der Waals surface area (Å²) >= 11 is 1.16. The first-order chi connectivity index (χ1) is 15.0. The second kappa shape index (κ2) is 7.94. The van der Waals surface area contributed by atoms with Crippen LogP contribution in [0.5, 0.6) is 0 Å². The number of aliphatic hydroxyl groups is 1. The van der Waals surface area contributed by atoms with E-state index in [0.29, 0.717) is 28.3 Å². The number of hydrogen-bond acceptors (Lipinski definition) is 4. The Labute approximate surface area is 193 Å². The number of ether oxygens (including phenoxy) is 1. The topological polar surface area (TPSA) is 46.5 Å². The lowest BCUT2D eigenvalue weighted by molar-refractivity contribution is -0.145. The maximum atomic E-state index is 12.9. The third kappa shape index (κ3) is 5.84. The Balaban J connectivity index is 1.71. The lowest BCUT2D eigenvalue weighted by atomic mass is 9.89. The summed E-state index contributed by atoms with van der Waals surface area (Å²) in [6.45, 7) is 7.44. The summed E-state index contributed by atoms with van der Waals surface area (Å²) in [6.07, 6.45) is -0.512. The van der Waals surface area contributed by atoms with Crippen LogP contribution >= 0.6 is 22.0 Å². The lowest BCUT2D eigenvalue weighted by Gasteiger charge is -2.40. The Morgan fingerprint density at radius 1 is 1.06 bits per heavy atom. The van der Waals surface area contributed by atoms with Crippen LogP contribution in [0.4, 0.5) is 19.4 Å². The van der Waals surface area contributed by atoms with E-state index in [1.54, 1.807) is 6.92 Å². The minimum absolute atomic E-state index is 0.0663. The van der Waals surface area contributed by atoms with Crippen LogP contribution in [0.2, 0.25) is 0 Å². The largest absolute Gasteiger partial charge is 0.511 e. The van der Waals surface area contributed by atoms with Gasteiger partial charge in [-0.25, -0.2) is 4.79 Å². The Bertz CT molecular complexity index is 1100. The van der Waals surface area contributed by atoms with E-state index >= 15 is 0 Å². The molecule has 0 saturated carbocycles. The van der Waals surface area contributed by atoms with Gasteiger partial charge in [0.25, 0.3) is 0 Å². The van der Waals surface area contributed by atoms with Crippen molar-refractivity contribution in [2.24, 2.45) is 5.92 Å². The van der Waals surface area contributed by atoms with Crippen molar-refractivity contribution >= 4 is 33.5 Å². The molecule has 0 saturated heterocycles. The molecule has 2 aromatic rings. The van der Waals surface area contributed by atoms with Crippen LogP contribution in [-0.4, -0.2) is 22.9 Å². The number of rotatable bonds is 6. The standard InChI is InChI=1S/C23H25F5O3S2/c1-13-9-14(2)21(15(3)10-13)22-19(29)11-20(31-23(22)30)16(4)12-32-17-5-7-18(8-6-17)33(24,25,26,27)28/h5-10,16,20,29H,11-12H2,1-4H3. The van der Waals surface area contributed by atoms with Gasteiger partial charge in [-0.1, -0.05) is 44.0 Å². The zero-order chi connectivity index (χ0) is 24.8. The maximum absolute atomic E-state index is 12.9. The van der Waals surface area contributed by atoms with Gasteiger partial charge >= 0.3 is 16.2 Å². The molecule has 0 aliphatic carbocycles. The number of aryl methyl sites for hydroxylation is 3. The van der Waals surface area contributed by atoms with Crippen LogP contribution in [0, 0.1) is 26.7 Å². The zero-order valence-electron chi connectivity index (χ0n) is 18.5. The van der Waals surface area contributed by atoms with Crippen molar-refractivity contribution < 1.29 is 34.1 Å². The number of thioether (sulfide) groups is 1. The summed E-state index contributed by atoms with van der Waals surface area (Å²) in [4.78, 5) is 11.2. The molecule has 0 bridgehead atoms. The molecule has 10 heteroatoms. The highest BCUT2D eigenvalue weighted by Gasteiger charge is 2.65. The highest BCUT2D eigenvalue weighted by Crippen LogP contribution is 3.02. The van der Waals surface area contributed by atoms with Crippen molar-refractivity contribution in [2.75, 3.05) is 5.75 Å². The normalized spacial score (nSPS) is 20.2. The smallest absolute Gasteiger partial charge is 0.342 e. The first-order valence-electron chi connectivity index (χ1n) is 10.1. The molecule has 1 aliphatic heterocycles. The number of aliphatic hydroxyl groups excluding tert-OH is 1. The van der Waals surface area contributed by atoms with E-state index in [9.17, 15) is 29.3 Å². The Kier molecular flexibility index (Phi) is 6.12. The molecule has 1 heterocycles. The van der Waals surface area contributed by atoms with Crippen molar-refractivity contribution in [3.63, 3.8) is 0 Å². The van der Waals surface area contributed by atoms with Gasteiger partial charge in [-0.3, -0.25) is 0 Å². The fraction of sp³-hybridized carbons (Fsp3) is 0.348. The van der Waals surface area contributed by atoms with Gasteiger partial charge in [0, 0.05) is 23.0 Å². The van der Waals surface area contributed by atoms with E-state index in [1.165, 1.54) is 0 Å². The fourth-order valence-corrected chi connectivity index (χ4v) is 5.56. The first-order valence-corrected chi connectivity index (χ1v) is 13.1. The highest BCUT2D eigenvalue weighted by molar-refractivity contribution is 8.45. The highest BCUT2D eigenvalue weighted by atomic mass is 32.5. The number of esters is 1. The monoisotopic (exact) mass is 508 g/mol. The molecule has 2 atom stereocenters. The van der Waals surface area contributed by atoms with Crippen molar-refractivity contribution in [1.82, 2.24) is 0 Å². The minimum Gasteiger partial charge on any atom is -0.511 e. The summed E-state index contributed by atoms with van der Waals surface area (Å²) in [5.41, 5.74) is 3.53. The Hall–Kier alpha value is -2.20. The molecule has 182 valence electrons. The van der Waals surface area contributed by atoms with Crippen LogP contribution in [0.25, 0.3) is 5.57 Å². The molecule has 2 unspecified atom stereocenters. The number of carbonyl (C=O) groups excluding carboxylic acids is 1. The SMILES string of the molecule is Cc1cc(C)c(C2=C(O)CC(C(C)CSc3ccc(S(F)(F)(F)(F)F)cc3)OC2=O)c(C)c1. The molecule has 1 aliphatic rings. The molecule has 33 heavy (non-hydrogen) atoms. The summed E-state index contributed by atoms with van der Waals surface area (Å²) in [7, 11) is -9.70. The van der Waals surface area contributed by atoms with Gasteiger partial charge in [0.2, 0.25) is 0 Å². The quantitative estimate of drug-likeness (QED) is 0.242. The third-order valence-electron chi connectivity index (χ3n) is 5.49. The number of halogens is 5. The van der Waals surface area contributed by atoms with E-state index in [-0.39, 0.29) is 23.7 Å². The van der Waals surface area contributed by atoms with Gasteiger partial charge in [0.15, 0.2) is 0 Å². The second-order valence-electron chi connectivity index (χ2n) is 8.47. The molecular weight excluding hydrogens is 483 g/mol. The van der Waals surface area contributed by atoms with Gasteiger partial charge in [0.1, 0.15) is 22.3 Å². The van der Waals surface area contributed by atoms with Gasteiger partial charge in [-0.05, 0) is 61.7 Å². The van der Waals surface area contributed by atoms with Gasteiger partial charge in [0.05, 0.1) is 0 Å². The zero-order valence-corrected chi connectivity index (χ0v) is 20.1. The van der Waals surface area contributed by atoms with Crippen molar-refractivity contribution in [3.8, 4) is 0 Å². The molecule has 0 aromatic heterocycles. The van der Waals surface area contributed by atoms with E-state index in [2.05, 4.69) is 0 Å². The Morgan fingerprint density at radius 3 is 2.09 bits per heavy atom. The number of carbonyl (C=O) groups is 1. The van der Waals surface area contributed by atoms with Crippen molar-refractivity contribution in [2.45, 2.75) is 50.0 Å². The summed E-state index contributed by atoms with van der Waals surface area (Å²) in [6, 6.07) is 6.59. The number of cyclic esters (lactones) is 1. The average molecular weight is 509 g/mol. The summed E-state index contributed by atoms with van der Waals surface area (Å²) < 4.78 is 69.8. The molecule has 3 rings (SSSR count). The van der Waals surface area contributed by atoms with E-state index in [4.69, 9.17) is 4.74 Å². The second-order valence-corrected chi connectivity index (χ2v) is 12.0. The summed E-state index contributed by atoms with van der Waals surface area (Å²) in [5, 5.41) is 10.7. The minimum atomic E-state index is -9.70. The lowest BCUT2D eigenvalue weighted by Crippen LogP contribution is -2.32. The van der Waals surface area contributed by atoms with Crippen LogP contribution < -0.4 is 0 Å². The molecule has 0 amide bonds. The number of hydrogen-bond donors (Lipinski definition) is 1. The molecule has 0 radical (unpaired) electrons. The average Bonchev–Trinajstić information content (AvgIpc) is 2.65. The Morgan fingerprint density at radius 2 is 1.61 bits per heavy atom. The van der Waals surface area contributed by atoms with Crippen LogP contribution in [0.3, 0.4) is 0 Å². The third-order valence-corrected chi connectivity index (χ3v) is 7.95. The first kappa shape index (κ1) is 25.4. The number of benzene rings is 2. The molecule has 0 fully saturated rings. The van der Waals surface area contributed by atoms with E-state index in [1.807, 2.05) is 32.9 Å². The van der Waals surface area contributed by atoms with Crippen LogP contribution in [0.15, 0.2) is 51.9 Å². The molecule has 0 spiro atoms. The molecular formula is C23H25F5O3S2. The van der Waals surface area contributed by atoms with Gasteiger partial charge < -0.3 is 9.84 Å². The fourth-order valence-electron chi connectivity index (χ4n) is 3.91. The molecule has 2 aromatic carbocycles. The maximum Gasteiger partial charge on any atom is 0.342 e. The van der Waals surface area contributed by atoms with Crippen LogP contribution in [0.1, 0.15) is 35.6 Å². The van der Waals surface area contributed by atoms with Crippen molar-refractivity contribution in [1.29, 1.82) is 0 Å². The van der Waals surface area contributed by atoms with Gasteiger partial charge in [-0.2, -0.15) is 0 Å².